The lowest BCUT2D eigenvalue weighted by molar-refractivity contribution is -0.149. The number of aromatic nitrogens is 2. The maximum atomic E-state index is 12.8. The molecule has 4 N–H and O–H groups in total. The van der Waals surface area contributed by atoms with E-state index in [0.29, 0.717) is 76.0 Å². The zero-order valence-corrected chi connectivity index (χ0v) is 23.2. The minimum Gasteiger partial charge on any atom is -0.405 e. The summed E-state index contributed by atoms with van der Waals surface area (Å²) in [7, 11) is 0. The smallest absolute Gasteiger partial charge is 0.401 e. The molecular formula is C27H34F3N7O2S. The molecule has 0 saturated carbocycles. The zero-order valence-electron chi connectivity index (χ0n) is 22.4. The number of alkyl halides is 3. The van der Waals surface area contributed by atoms with Gasteiger partial charge in [-0.05, 0) is 36.9 Å². The van der Waals surface area contributed by atoms with E-state index < -0.39 is 18.6 Å². The van der Waals surface area contributed by atoms with Crippen LogP contribution in [-0.2, 0) is 16.1 Å². The summed E-state index contributed by atoms with van der Waals surface area (Å²) in [5, 5.41) is 0. The van der Waals surface area contributed by atoms with E-state index in [1.165, 1.54) is 11.1 Å². The number of hydrogen-bond acceptors (Lipinski definition) is 9. The van der Waals surface area contributed by atoms with Gasteiger partial charge in [0.2, 0.25) is 5.91 Å². The van der Waals surface area contributed by atoms with Gasteiger partial charge in [-0.2, -0.15) is 13.2 Å². The quantitative estimate of drug-likeness (QED) is 0.346. The molecule has 0 unspecified atom stereocenters. The second kappa shape index (κ2) is 12.9. The molecule has 40 heavy (non-hydrogen) atoms. The van der Waals surface area contributed by atoms with Gasteiger partial charge in [0.25, 0.3) is 0 Å². The molecule has 0 atom stereocenters. The van der Waals surface area contributed by atoms with Crippen LogP contribution in [0.15, 0.2) is 48.2 Å². The van der Waals surface area contributed by atoms with E-state index in [4.69, 9.17) is 26.2 Å². The summed E-state index contributed by atoms with van der Waals surface area (Å²) < 4.78 is 44.8. The average molecular weight is 578 g/mol. The number of halogens is 3. The highest BCUT2D eigenvalue weighted by Crippen LogP contribution is 2.35. The first-order chi connectivity index (χ1) is 19.1. The second-order valence-corrected chi connectivity index (χ2v) is 10.8. The van der Waals surface area contributed by atoms with Gasteiger partial charge in [0.1, 0.15) is 0 Å². The van der Waals surface area contributed by atoms with E-state index in [2.05, 4.69) is 16.4 Å². The van der Waals surface area contributed by atoms with Gasteiger partial charge >= 0.3 is 6.18 Å². The first kappa shape index (κ1) is 29.7. The molecule has 2 aromatic rings. The first-order valence-electron chi connectivity index (χ1n) is 13.0. The van der Waals surface area contributed by atoms with Crippen molar-refractivity contribution in [3.8, 4) is 0 Å². The molecule has 0 aliphatic carbocycles. The highest BCUT2D eigenvalue weighted by Gasteiger charge is 2.32. The standard InChI is InChI=1S/C27H34F3N7O2S/c1-3-19(24(32)38)14-21(18(2)4-5-31)25-33-22-15-20(16-35-6-8-36(9-7-35)17-27(28,29)30)40-23(22)26(34-25)37-10-12-39-13-11-37/h3-5,14-15H,2,6-13,16-17,31H2,1H3,(H2,32,38)/b5-4-,19-3+,21-14+. The predicted molar refractivity (Wildman–Crippen MR) is 152 cm³/mol. The number of nitrogens with zero attached hydrogens (tertiary/aromatic N) is 5. The number of ether oxygens (including phenoxy) is 1. The Hall–Kier alpha value is -3.26. The Balaban J connectivity index is 1.69. The van der Waals surface area contributed by atoms with Crippen molar-refractivity contribution in [2.75, 3.05) is 63.9 Å². The van der Waals surface area contributed by atoms with E-state index in [1.807, 2.05) is 6.07 Å². The maximum absolute atomic E-state index is 12.8. The van der Waals surface area contributed by atoms with Crippen molar-refractivity contribution in [2.45, 2.75) is 19.6 Å². The lowest BCUT2D eigenvalue weighted by Crippen LogP contribution is -2.48. The Morgan fingerprint density at radius 1 is 1.15 bits per heavy atom. The Bertz CT molecular complexity index is 1320. The summed E-state index contributed by atoms with van der Waals surface area (Å²) >= 11 is 1.58. The molecular weight excluding hydrogens is 543 g/mol. The fourth-order valence-corrected chi connectivity index (χ4v) is 5.85. The molecule has 0 aromatic carbocycles. The van der Waals surface area contributed by atoms with Crippen LogP contribution in [0.4, 0.5) is 19.0 Å². The van der Waals surface area contributed by atoms with Crippen LogP contribution in [0.5, 0.6) is 0 Å². The van der Waals surface area contributed by atoms with Crippen molar-refractivity contribution in [1.29, 1.82) is 0 Å². The topological polar surface area (TPSA) is 114 Å². The number of anilines is 1. The summed E-state index contributed by atoms with van der Waals surface area (Å²) in [6.07, 6.45) is 2.00. The molecule has 216 valence electrons. The first-order valence-corrected chi connectivity index (χ1v) is 13.8. The fraction of sp³-hybridized carbons (Fsp3) is 0.444. The van der Waals surface area contributed by atoms with Crippen molar-refractivity contribution < 1.29 is 22.7 Å². The fourth-order valence-electron chi connectivity index (χ4n) is 4.69. The van der Waals surface area contributed by atoms with Gasteiger partial charge in [0, 0.05) is 61.8 Å². The van der Waals surface area contributed by atoms with Gasteiger partial charge in [0.05, 0.1) is 30.0 Å². The van der Waals surface area contributed by atoms with E-state index in [1.54, 1.807) is 36.5 Å². The van der Waals surface area contributed by atoms with Crippen molar-refractivity contribution in [2.24, 2.45) is 11.5 Å². The summed E-state index contributed by atoms with van der Waals surface area (Å²) in [4.78, 5) is 28.6. The second-order valence-electron chi connectivity index (χ2n) is 9.62. The highest BCUT2D eigenvalue weighted by molar-refractivity contribution is 7.19. The molecule has 2 saturated heterocycles. The van der Waals surface area contributed by atoms with E-state index in [-0.39, 0.29) is 5.57 Å². The largest absolute Gasteiger partial charge is 0.405 e. The number of carbonyl (C=O) groups excluding carboxylic acids is 1. The third-order valence-corrected chi connectivity index (χ3v) is 7.85. The van der Waals surface area contributed by atoms with Crippen molar-refractivity contribution in [1.82, 2.24) is 19.8 Å². The Morgan fingerprint density at radius 2 is 1.82 bits per heavy atom. The molecule has 4 rings (SSSR count). The molecule has 0 bridgehead atoms. The van der Waals surface area contributed by atoms with E-state index in [0.717, 1.165) is 20.9 Å². The van der Waals surface area contributed by atoms with E-state index >= 15 is 0 Å². The summed E-state index contributed by atoms with van der Waals surface area (Å²) in [5.41, 5.74) is 13.3. The SMILES string of the molecule is C=C(/C=C\N)/C(=C\C(=C/C)C(N)=O)c1nc(N2CCOCC2)c2sc(CN3CCN(CC(F)(F)F)CC3)cc2n1. The zero-order chi connectivity index (χ0) is 28.9. The summed E-state index contributed by atoms with van der Waals surface area (Å²) in [6, 6.07) is 2.00. The van der Waals surface area contributed by atoms with Crippen LogP contribution >= 0.6 is 11.3 Å². The lowest BCUT2D eigenvalue weighted by atomic mass is 10.0. The number of allylic oxidation sites excluding steroid dienone is 4. The predicted octanol–water partition coefficient (Wildman–Crippen LogP) is 3.05. The number of hydrogen-bond donors (Lipinski definition) is 2. The molecule has 9 nitrogen and oxygen atoms in total. The molecule has 2 fully saturated rings. The minimum absolute atomic E-state index is 0.286. The number of thiophene rings is 1. The molecule has 13 heteroatoms. The van der Waals surface area contributed by atoms with Crippen LogP contribution in [0.1, 0.15) is 17.6 Å². The van der Waals surface area contributed by atoms with Crippen molar-refractivity contribution >= 4 is 38.9 Å². The van der Waals surface area contributed by atoms with Crippen LogP contribution in [0.2, 0.25) is 0 Å². The molecule has 1 amide bonds. The Labute approximate surface area is 235 Å². The van der Waals surface area contributed by atoms with Crippen molar-refractivity contribution in [3.63, 3.8) is 0 Å². The highest BCUT2D eigenvalue weighted by atomic mass is 32.1. The summed E-state index contributed by atoms with van der Waals surface area (Å²) in [6.45, 7) is 9.82. The van der Waals surface area contributed by atoms with Crippen LogP contribution in [-0.4, -0.2) is 90.9 Å². The molecule has 0 radical (unpaired) electrons. The number of amides is 1. The van der Waals surface area contributed by atoms with Crippen molar-refractivity contribution in [3.05, 3.63) is 58.9 Å². The number of primary amides is 1. The number of carbonyl (C=O) groups is 1. The molecule has 0 spiro atoms. The van der Waals surface area contributed by atoms with Crippen LogP contribution in [0.3, 0.4) is 0 Å². The third-order valence-electron chi connectivity index (χ3n) is 6.74. The van der Waals surface area contributed by atoms with Crippen LogP contribution in [0, 0.1) is 0 Å². The number of morpholine rings is 1. The van der Waals surface area contributed by atoms with Gasteiger partial charge in [0.15, 0.2) is 11.6 Å². The molecule has 2 aliphatic rings. The Morgan fingerprint density at radius 3 is 2.42 bits per heavy atom. The Kier molecular flexibility index (Phi) is 9.61. The monoisotopic (exact) mass is 577 g/mol. The minimum atomic E-state index is -4.19. The molecule has 2 aliphatic heterocycles. The summed E-state index contributed by atoms with van der Waals surface area (Å²) in [5.74, 6) is 0.543. The number of fused-ring (bicyclic) bond motifs is 1. The number of piperazine rings is 1. The van der Waals surface area contributed by atoms with Gasteiger partial charge in [-0.25, -0.2) is 9.97 Å². The van der Waals surface area contributed by atoms with E-state index in [9.17, 15) is 18.0 Å². The van der Waals surface area contributed by atoms with Gasteiger partial charge in [-0.15, -0.1) is 11.3 Å². The third kappa shape index (κ3) is 7.47. The lowest BCUT2D eigenvalue weighted by Gasteiger charge is -2.34. The van der Waals surface area contributed by atoms with Gasteiger partial charge < -0.3 is 21.1 Å². The average Bonchev–Trinajstić information content (AvgIpc) is 3.31. The van der Waals surface area contributed by atoms with Crippen LogP contribution in [0.25, 0.3) is 15.8 Å². The van der Waals surface area contributed by atoms with Gasteiger partial charge in [-0.3, -0.25) is 14.6 Å². The number of rotatable bonds is 9. The number of nitrogens with two attached hydrogens (primary N) is 2. The normalized spacial score (nSPS) is 18.6. The maximum Gasteiger partial charge on any atom is 0.401 e. The molecule has 2 aromatic heterocycles. The van der Waals surface area contributed by atoms with Crippen LogP contribution < -0.4 is 16.4 Å². The van der Waals surface area contributed by atoms with Gasteiger partial charge in [-0.1, -0.05) is 12.7 Å². The molecule has 4 heterocycles.